The largest absolute Gasteiger partial charge is 0.387 e. The highest BCUT2D eigenvalue weighted by Crippen LogP contribution is 2.32. The topological polar surface area (TPSA) is 59.1 Å². The predicted molar refractivity (Wildman–Crippen MR) is 55.6 cm³/mol. The lowest BCUT2D eigenvalue weighted by Gasteiger charge is -2.21. The lowest BCUT2D eigenvalue weighted by atomic mass is 9.89. The summed E-state index contributed by atoms with van der Waals surface area (Å²) in [7, 11) is 0. The van der Waals surface area contributed by atoms with Crippen molar-refractivity contribution in [2.24, 2.45) is 5.41 Å². The standard InChI is InChI=1S/C9H16N2OS/c1-9(2,3)4-6(12)7-5-11-8(10)13-7/h5-6,12H,4H2,1-3H3,(H2,10,11). The second-order valence-electron chi connectivity index (χ2n) is 4.38. The Hall–Kier alpha value is -0.610. The number of thiazole rings is 1. The third-order valence-electron chi connectivity index (χ3n) is 1.68. The number of aliphatic hydroxyl groups excluding tert-OH is 1. The normalized spacial score (nSPS) is 14.5. The summed E-state index contributed by atoms with van der Waals surface area (Å²) in [6, 6.07) is 0. The van der Waals surface area contributed by atoms with Gasteiger partial charge in [0.2, 0.25) is 0 Å². The van der Waals surface area contributed by atoms with Crippen LogP contribution in [0.4, 0.5) is 5.13 Å². The molecule has 1 heterocycles. The Morgan fingerprint density at radius 2 is 2.23 bits per heavy atom. The van der Waals surface area contributed by atoms with E-state index in [1.807, 2.05) is 0 Å². The van der Waals surface area contributed by atoms with E-state index >= 15 is 0 Å². The van der Waals surface area contributed by atoms with E-state index in [0.717, 1.165) is 11.3 Å². The number of anilines is 1. The molecule has 0 aliphatic carbocycles. The molecular weight excluding hydrogens is 184 g/mol. The second kappa shape index (κ2) is 3.64. The van der Waals surface area contributed by atoms with Gasteiger partial charge in [-0.05, 0) is 11.8 Å². The summed E-state index contributed by atoms with van der Waals surface area (Å²) in [5.74, 6) is 0. The smallest absolute Gasteiger partial charge is 0.180 e. The molecule has 1 unspecified atom stereocenters. The van der Waals surface area contributed by atoms with E-state index < -0.39 is 6.10 Å². The Balaban J connectivity index is 2.64. The molecule has 0 saturated carbocycles. The van der Waals surface area contributed by atoms with Crippen LogP contribution >= 0.6 is 11.3 Å². The minimum Gasteiger partial charge on any atom is -0.387 e. The number of hydrogen-bond donors (Lipinski definition) is 2. The molecule has 3 nitrogen and oxygen atoms in total. The van der Waals surface area contributed by atoms with Crippen molar-refractivity contribution < 1.29 is 5.11 Å². The summed E-state index contributed by atoms with van der Waals surface area (Å²) in [5.41, 5.74) is 5.60. The van der Waals surface area contributed by atoms with E-state index in [0.29, 0.717) is 5.13 Å². The lowest BCUT2D eigenvalue weighted by Crippen LogP contribution is -2.10. The molecule has 0 saturated heterocycles. The van der Waals surface area contributed by atoms with Gasteiger partial charge in [0.25, 0.3) is 0 Å². The molecule has 13 heavy (non-hydrogen) atoms. The zero-order valence-corrected chi connectivity index (χ0v) is 9.06. The Morgan fingerprint density at radius 3 is 2.62 bits per heavy atom. The van der Waals surface area contributed by atoms with Crippen LogP contribution < -0.4 is 5.73 Å². The maximum atomic E-state index is 9.78. The van der Waals surface area contributed by atoms with Crippen molar-refractivity contribution in [1.29, 1.82) is 0 Å². The summed E-state index contributed by atoms with van der Waals surface area (Å²) in [4.78, 5) is 4.76. The van der Waals surface area contributed by atoms with Crippen LogP contribution in [0.2, 0.25) is 0 Å². The van der Waals surface area contributed by atoms with Gasteiger partial charge in [0, 0.05) is 6.20 Å². The van der Waals surface area contributed by atoms with E-state index in [4.69, 9.17) is 5.73 Å². The predicted octanol–water partition coefficient (Wildman–Crippen LogP) is 2.19. The van der Waals surface area contributed by atoms with Crippen molar-refractivity contribution >= 4 is 16.5 Å². The van der Waals surface area contributed by atoms with Crippen molar-refractivity contribution in [2.75, 3.05) is 5.73 Å². The lowest BCUT2D eigenvalue weighted by molar-refractivity contribution is 0.125. The number of hydrogen-bond acceptors (Lipinski definition) is 4. The maximum absolute atomic E-state index is 9.78. The summed E-state index contributed by atoms with van der Waals surface area (Å²) < 4.78 is 0. The Morgan fingerprint density at radius 1 is 1.62 bits per heavy atom. The maximum Gasteiger partial charge on any atom is 0.180 e. The molecule has 0 aliphatic heterocycles. The summed E-state index contributed by atoms with van der Waals surface area (Å²) >= 11 is 1.35. The van der Waals surface area contributed by atoms with Crippen molar-refractivity contribution in [3.05, 3.63) is 11.1 Å². The summed E-state index contributed by atoms with van der Waals surface area (Å²) in [5, 5.41) is 10.3. The van der Waals surface area contributed by atoms with Gasteiger partial charge in [0.05, 0.1) is 11.0 Å². The number of nitrogen functional groups attached to an aromatic ring is 1. The average molecular weight is 200 g/mol. The van der Waals surface area contributed by atoms with Gasteiger partial charge in [-0.1, -0.05) is 32.1 Å². The second-order valence-corrected chi connectivity index (χ2v) is 5.48. The van der Waals surface area contributed by atoms with Gasteiger partial charge in [0.15, 0.2) is 5.13 Å². The Labute approximate surface area is 82.6 Å². The molecule has 74 valence electrons. The minimum absolute atomic E-state index is 0.123. The first-order valence-electron chi connectivity index (χ1n) is 4.28. The van der Waals surface area contributed by atoms with Crippen LogP contribution in [0.25, 0.3) is 0 Å². The molecule has 0 amide bonds. The molecule has 0 aliphatic rings. The van der Waals surface area contributed by atoms with Gasteiger partial charge in [0.1, 0.15) is 0 Å². The van der Waals surface area contributed by atoms with Crippen LogP contribution in [0.1, 0.15) is 38.2 Å². The highest BCUT2D eigenvalue weighted by Gasteiger charge is 2.19. The monoisotopic (exact) mass is 200 g/mol. The number of nitrogens with two attached hydrogens (primary N) is 1. The van der Waals surface area contributed by atoms with Crippen molar-refractivity contribution in [3.8, 4) is 0 Å². The SMILES string of the molecule is CC(C)(C)CC(O)c1cnc(N)s1. The molecule has 0 aromatic carbocycles. The number of rotatable bonds is 2. The average Bonchev–Trinajstić information content (AvgIpc) is 2.31. The first-order valence-corrected chi connectivity index (χ1v) is 5.09. The molecule has 0 bridgehead atoms. The van der Waals surface area contributed by atoms with Gasteiger partial charge >= 0.3 is 0 Å². The molecule has 0 radical (unpaired) electrons. The summed E-state index contributed by atoms with van der Waals surface area (Å²) in [6.07, 6.45) is 1.94. The third-order valence-corrected chi connectivity index (χ3v) is 2.60. The molecule has 1 aromatic heterocycles. The van der Waals surface area contributed by atoms with Gasteiger partial charge < -0.3 is 10.8 Å². The summed E-state index contributed by atoms with van der Waals surface area (Å²) in [6.45, 7) is 6.29. The van der Waals surface area contributed by atoms with E-state index in [2.05, 4.69) is 25.8 Å². The molecular formula is C9H16N2OS. The van der Waals surface area contributed by atoms with Gasteiger partial charge in [-0.25, -0.2) is 4.98 Å². The van der Waals surface area contributed by atoms with E-state index in [-0.39, 0.29) is 5.41 Å². The molecule has 1 aromatic rings. The zero-order valence-electron chi connectivity index (χ0n) is 8.24. The first kappa shape index (κ1) is 10.5. The van der Waals surface area contributed by atoms with E-state index in [9.17, 15) is 5.11 Å². The number of nitrogens with zero attached hydrogens (tertiary/aromatic N) is 1. The quantitative estimate of drug-likeness (QED) is 0.769. The highest BCUT2D eigenvalue weighted by molar-refractivity contribution is 7.15. The fraction of sp³-hybridized carbons (Fsp3) is 0.667. The number of aromatic nitrogens is 1. The number of aliphatic hydroxyl groups is 1. The molecule has 0 spiro atoms. The van der Waals surface area contributed by atoms with Gasteiger partial charge in [-0.2, -0.15) is 0 Å². The van der Waals surface area contributed by atoms with Crippen LogP contribution in [-0.2, 0) is 0 Å². The molecule has 1 rings (SSSR count). The fourth-order valence-electron chi connectivity index (χ4n) is 1.14. The Bertz CT molecular complexity index is 277. The van der Waals surface area contributed by atoms with Gasteiger partial charge in [-0.15, -0.1) is 0 Å². The van der Waals surface area contributed by atoms with Crippen LogP contribution in [0.5, 0.6) is 0 Å². The van der Waals surface area contributed by atoms with Crippen LogP contribution in [0.15, 0.2) is 6.20 Å². The zero-order chi connectivity index (χ0) is 10.1. The highest BCUT2D eigenvalue weighted by atomic mass is 32.1. The van der Waals surface area contributed by atoms with Gasteiger partial charge in [-0.3, -0.25) is 0 Å². The molecule has 3 N–H and O–H groups in total. The minimum atomic E-state index is -0.435. The molecule has 4 heteroatoms. The fourth-order valence-corrected chi connectivity index (χ4v) is 1.81. The first-order chi connectivity index (χ1) is 5.88. The van der Waals surface area contributed by atoms with E-state index in [1.54, 1.807) is 6.20 Å². The van der Waals surface area contributed by atoms with Crippen molar-refractivity contribution in [1.82, 2.24) is 4.98 Å². The van der Waals surface area contributed by atoms with Crippen LogP contribution in [-0.4, -0.2) is 10.1 Å². The van der Waals surface area contributed by atoms with Crippen LogP contribution in [0.3, 0.4) is 0 Å². The molecule has 0 fully saturated rings. The van der Waals surface area contributed by atoms with Crippen LogP contribution in [0, 0.1) is 5.41 Å². The van der Waals surface area contributed by atoms with Crippen molar-refractivity contribution in [2.45, 2.75) is 33.3 Å². The molecule has 1 atom stereocenters. The van der Waals surface area contributed by atoms with E-state index in [1.165, 1.54) is 11.3 Å². The third kappa shape index (κ3) is 3.32. The van der Waals surface area contributed by atoms with Crippen molar-refractivity contribution in [3.63, 3.8) is 0 Å². The Kier molecular flexibility index (Phi) is 2.93.